The van der Waals surface area contributed by atoms with Crippen molar-refractivity contribution in [1.29, 1.82) is 0 Å². The lowest BCUT2D eigenvalue weighted by Gasteiger charge is -2.31. The highest BCUT2D eigenvalue weighted by atomic mass is 16.4. The van der Waals surface area contributed by atoms with E-state index in [9.17, 15) is 9.59 Å². The fraction of sp³-hybridized carbons (Fsp3) is 0.368. The first-order valence-electron chi connectivity index (χ1n) is 8.79. The van der Waals surface area contributed by atoms with E-state index in [0.717, 1.165) is 38.0 Å². The molecule has 134 valence electrons. The Morgan fingerprint density at radius 3 is 2.65 bits per heavy atom. The summed E-state index contributed by atoms with van der Waals surface area (Å²) in [5, 5.41) is 0. The van der Waals surface area contributed by atoms with Crippen LogP contribution < -0.4 is 5.76 Å². The molecule has 0 saturated carbocycles. The van der Waals surface area contributed by atoms with Gasteiger partial charge in [0.25, 0.3) is 0 Å². The van der Waals surface area contributed by atoms with Crippen molar-refractivity contribution in [2.45, 2.75) is 26.2 Å². The molecule has 0 spiro atoms. The van der Waals surface area contributed by atoms with Crippen LogP contribution in [0.1, 0.15) is 25.5 Å². The van der Waals surface area contributed by atoms with E-state index in [1.54, 1.807) is 25.4 Å². The number of piperidine rings is 1. The highest BCUT2D eigenvalue weighted by Gasteiger charge is 2.21. The van der Waals surface area contributed by atoms with Crippen LogP contribution in [0.2, 0.25) is 0 Å². The predicted molar refractivity (Wildman–Crippen MR) is 96.1 cm³/mol. The first-order chi connectivity index (χ1) is 12.6. The third kappa shape index (κ3) is 3.12. The van der Waals surface area contributed by atoms with Crippen molar-refractivity contribution in [3.8, 4) is 5.82 Å². The van der Waals surface area contributed by atoms with E-state index in [4.69, 9.17) is 4.42 Å². The highest BCUT2D eigenvalue weighted by Crippen LogP contribution is 2.21. The van der Waals surface area contributed by atoms with Crippen LogP contribution in [0.3, 0.4) is 0 Å². The van der Waals surface area contributed by atoms with Crippen LogP contribution in [-0.4, -0.2) is 38.4 Å². The molecule has 0 N–H and O–H groups in total. The Morgan fingerprint density at radius 2 is 1.96 bits per heavy atom. The van der Waals surface area contributed by atoms with E-state index in [0.29, 0.717) is 22.8 Å². The van der Waals surface area contributed by atoms with E-state index in [-0.39, 0.29) is 5.91 Å². The Balaban J connectivity index is 1.50. The molecule has 1 fully saturated rings. The summed E-state index contributed by atoms with van der Waals surface area (Å²) in [6, 6.07) is 7.24. The fourth-order valence-electron chi connectivity index (χ4n) is 3.50. The molecule has 2 aromatic heterocycles. The highest BCUT2D eigenvalue weighted by molar-refractivity contribution is 5.74. The first kappa shape index (κ1) is 16.5. The summed E-state index contributed by atoms with van der Waals surface area (Å²) in [6.07, 6.45) is 6.13. The van der Waals surface area contributed by atoms with Gasteiger partial charge in [-0.2, -0.15) is 0 Å². The van der Waals surface area contributed by atoms with Crippen molar-refractivity contribution in [2.75, 3.05) is 13.1 Å². The van der Waals surface area contributed by atoms with Crippen molar-refractivity contribution in [2.24, 2.45) is 5.92 Å². The third-order valence-corrected chi connectivity index (χ3v) is 4.96. The van der Waals surface area contributed by atoms with Crippen LogP contribution in [0.15, 0.2) is 45.9 Å². The summed E-state index contributed by atoms with van der Waals surface area (Å²) in [7, 11) is 0. The molecular weight excluding hydrogens is 332 g/mol. The Labute approximate surface area is 150 Å². The smallest absolute Gasteiger partial charge is 0.407 e. The fourth-order valence-corrected chi connectivity index (χ4v) is 3.50. The average Bonchev–Trinajstić information content (AvgIpc) is 2.99. The molecule has 1 aliphatic rings. The molecule has 3 aromatic rings. The lowest BCUT2D eigenvalue weighted by molar-refractivity contribution is -0.130. The van der Waals surface area contributed by atoms with Crippen LogP contribution in [0.25, 0.3) is 16.9 Å². The normalized spacial score (nSPS) is 15.5. The molecule has 0 unspecified atom stereocenters. The van der Waals surface area contributed by atoms with Gasteiger partial charge in [-0.05, 0) is 37.3 Å². The minimum atomic E-state index is -0.468. The monoisotopic (exact) mass is 352 g/mol. The van der Waals surface area contributed by atoms with Crippen LogP contribution in [0.4, 0.5) is 0 Å². The molecule has 26 heavy (non-hydrogen) atoms. The second-order valence-corrected chi connectivity index (χ2v) is 6.69. The SMILES string of the molecule is CC(=O)N1CCC(Cc2cnc(-n3c(=O)oc4ccccc43)cn2)CC1. The molecule has 0 atom stereocenters. The quantitative estimate of drug-likeness (QED) is 0.722. The Bertz CT molecular complexity index is 982. The summed E-state index contributed by atoms with van der Waals surface area (Å²) >= 11 is 0. The van der Waals surface area contributed by atoms with E-state index in [2.05, 4.69) is 9.97 Å². The van der Waals surface area contributed by atoms with E-state index < -0.39 is 5.76 Å². The Hall–Kier alpha value is -2.96. The van der Waals surface area contributed by atoms with E-state index >= 15 is 0 Å². The summed E-state index contributed by atoms with van der Waals surface area (Å²) in [5.74, 6) is 0.633. The van der Waals surface area contributed by atoms with Gasteiger partial charge < -0.3 is 9.32 Å². The summed E-state index contributed by atoms with van der Waals surface area (Å²) in [6.45, 7) is 3.23. The molecule has 4 rings (SSSR count). The molecule has 3 heterocycles. The van der Waals surface area contributed by atoms with Crippen LogP contribution in [0, 0.1) is 5.92 Å². The van der Waals surface area contributed by atoms with Gasteiger partial charge in [-0.15, -0.1) is 0 Å². The maximum Gasteiger partial charge on any atom is 0.425 e. The molecule has 0 bridgehead atoms. The molecular formula is C19H20N4O3. The van der Waals surface area contributed by atoms with Crippen molar-refractivity contribution in [3.05, 3.63) is 52.9 Å². The number of aromatic nitrogens is 3. The van der Waals surface area contributed by atoms with Gasteiger partial charge in [-0.3, -0.25) is 9.78 Å². The topological polar surface area (TPSA) is 81.2 Å². The number of amides is 1. The number of hydrogen-bond donors (Lipinski definition) is 0. The number of fused-ring (bicyclic) bond motifs is 1. The molecule has 1 aliphatic heterocycles. The van der Waals surface area contributed by atoms with Gasteiger partial charge in [0, 0.05) is 20.0 Å². The summed E-state index contributed by atoms with van der Waals surface area (Å²) < 4.78 is 6.67. The van der Waals surface area contributed by atoms with Crippen LogP contribution in [0.5, 0.6) is 0 Å². The molecule has 7 heteroatoms. The first-order valence-corrected chi connectivity index (χ1v) is 8.79. The van der Waals surface area contributed by atoms with Gasteiger partial charge in [0.05, 0.1) is 23.6 Å². The number of benzene rings is 1. The van der Waals surface area contributed by atoms with Gasteiger partial charge in [0.2, 0.25) is 5.91 Å². The number of rotatable bonds is 3. The lowest BCUT2D eigenvalue weighted by atomic mass is 9.92. The number of carbonyl (C=O) groups excluding carboxylic acids is 1. The molecule has 7 nitrogen and oxygen atoms in total. The van der Waals surface area contributed by atoms with Crippen molar-refractivity contribution < 1.29 is 9.21 Å². The number of likely N-dealkylation sites (tertiary alicyclic amines) is 1. The zero-order valence-corrected chi connectivity index (χ0v) is 14.6. The Morgan fingerprint density at radius 1 is 1.19 bits per heavy atom. The molecule has 1 saturated heterocycles. The van der Waals surface area contributed by atoms with Gasteiger partial charge >= 0.3 is 5.76 Å². The largest absolute Gasteiger partial charge is 0.425 e. The third-order valence-electron chi connectivity index (χ3n) is 4.96. The van der Waals surface area contributed by atoms with E-state index in [1.807, 2.05) is 23.1 Å². The summed E-state index contributed by atoms with van der Waals surface area (Å²) in [5.41, 5.74) is 2.10. The second kappa shape index (κ2) is 6.74. The van der Waals surface area contributed by atoms with Crippen LogP contribution >= 0.6 is 0 Å². The maximum absolute atomic E-state index is 12.1. The van der Waals surface area contributed by atoms with Gasteiger partial charge in [-0.1, -0.05) is 12.1 Å². The van der Waals surface area contributed by atoms with Crippen LogP contribution in [-0.2, 0) is 11.2 Å². The number of nitrogens with zero attached hydrogens (tertiary/aromatic N) is 4. The van der Waals surface area contributed by atoms with E-state index in [1.165, 1.54) is 4.57 Å². The lowest BCUT2D eigenvalue weighted by Crippen LogP contribution is -2.37. The van der Waals surface area contributed by atoms with Gasteiger partial charge in [-0.25, -0.2) is 14.3 Å². The van der Waals surface area contributed by atoms with Crippen molar-refractivity contribution in [3.63, 3.8) is 0 Å². The molecule has 0 aliphatic carbocycles. The Kier molecular flexibility index (Phi) is 4.28. The van der Waals surface area contributed by atoms with Crippen molar-refractivity contribution in [1.82, 2.24) is 19.4 Å². The minimum absolute atomic E-state index is 0.144. The molecule has 0 radical (unpaired) electrons. The molecule has 1 amide bonds. The average molecular weight is 352 g/mol. The van der Waals surface area contributed by atoms with Gasteiger partial charge in [0.1, 0.15) is 0 Å². The molecule has 1 aromatic carbocycles. The van der Waals surface area contributed by atoms with Gasteiger partial charge in [0.15, 0.2) is 11.4 Å². The zero-order valence-electron chi connectivity index (χ0n) is 14.6. The maximum atomic E-state index is 12.1. The number of carbonyl (C=O) groups is 1. The second-order valence-electron chi connectivity index (χ2n) is 6.69. The number of para-hydroxylation sites is 2. The number of oxazole rings is 1. The standard InChI is InChI=1S/C19H20N4O3/c1-13(24)22-8-6-14(7-9-22)10-15-11-21-18(12-20-15)23-16-4-2-3-5-17(16)26-19(23)25/h2-5,11-12,14H,6-10H2,1H3. The summed E-state index contributed by atoms with van der Waals surface area (Å²) in [4.78, 5) is 34.3. The number of hydrogen-bond acceptors (Lipinski definition) is 5. The van der Waals surface area contributed by atoms with Crippen molar-refractivity contribution >= 4 is 17.0 Å². The zero-order chi connectivity index (χ0) is 18.1. The minimum Gasteiger partial charge on any atom is -0.407 e. The predicted octanol–water partition coefficient (Wildman–Crippen LogP) is 2.17.